The van der Waals surface area contributed by atoms with Crippen LogP contribution in [0.5, 0.6) is 0 Å². The standard InChI is InChI=1S/C17H28N2O/c1-12-8-5-6-11-16(12)15(4)19-17(20)13(2)9-7-10-14(3)18/h5-6,8,11,13-15H,7,9-10,18H2,1-4H3,(H,19,20)/t13?,14?,15-/m1/s1. The lowest BCUT2D eigenvalue weighted by molar-refractivity contribution is -0.125. The number of aryl methyl sites for hydroxylation is 1. The second-order valence-corrected chi connectivity index (χ2v) is 5.90. The summed E-state index contributed by atoms with van der Waals surface area (Å²) >= 11 is 0. The van der Waals surface area contributed by atoms with Gasteiger partial charge in [-0.1, -0.05) is 37.6 Å². The van der Waals surface area contributed by atoms with Crippen molar-refractivity contribution in [3.63, 3.8) is 0 Å². The number of benzene rings is 1. The smallest absolute Gasteiger partial charge is 0.223 e. The van der Waals surface area contributed by atoms with Gasteiger partial charge in [0.15, 0.2) is 0 Å². The van der Waals surface area contributed by atoms with Gasteiger partial charge in [0, 0.05) is 12.0 Å². The van der Waals surface area contributed by atoms with E-state index in [1.165, 1.54) is 11.1 Å². The van der Waals surface area contributed by atoms with Gasteiger partial charge in [-0.15, -0.1) is 0 Å². The van der Waals surface area contributed by atoms with Gasteiger partial charge < -0.3 is 11.1 Å². The van der Waals surface area contributed by atoms with Gasteiger partial charge >= 0.3 is 0 Å². The second-order valence-electron chi connectivity index (χ2n) is 5.90. The molecule has 0 bridgehead atoms. The van der Waals surface area contributed by atoms with E-state index in [1.807, 2.05) is 32.9 Å². The van der Waals surface area contributed by atoms with Gasteiger partial charge in [0.1, 0.15) is 0 Å². The Balaban J connectivity index is 2.47. The summed E-state index contributed by atoms with van der Waals surface area (Å²) in [5, 5.41) is 3.10. The third kappa shape index (κ3) is 5.33. The molecule has 0 aliphatic heterocycles. The Labute approximate surface area is 122 Å². The second kappa shape index (κ2) is 8.05. The molecule has 20 heavy (non-hydrogen) atoms. The molecule has 0 aliphatic carbocycles. The van der Waals surface area contributed by atoms with Crippen LogP contribution in [0, 0.1) is 12.8 Å². The van der Waals surface area contributed by atoms with E-state index in [0.29, 0.717) is 0 Å². The van der Waals surface area contributed by atoms with Crippen LogP contribution < -0.4 is 11.1 Å². The van der Waals surface area contributed by atoms with Crippen LogP contribution in [0.1, 0.15) is 57.2 Å². The van der Waals surface area contributed by atoms with Crippen molar-refractivity contribution in [1.82, 2.24) is 5.32 Å². The van der Waals surface area contributed by atoms with Gasteiger partial charge in [-0.3, -0.25) is 4.79 Å². The highest BCUT2D eigenvalue weighted by atomic mass is 16.1. The Morgan fingerprint density at radius 3 is 2.45 bits per heavy atom. The fourth-order valence-corrected chi connectivity index (χ4v) is 2.38. The minimum atomic E-state index is 0.0419. The zero-order chi connectivity index (χ0) is 15.1. The summed E-state index contributed by atoms with van der Waals surface area (Å²) in [6, 6.07) is 8.45. The minimum absolute atomic E-state index is 0.0419. The van der Waals surface area contributed by atoms with E-state index in [0.717, 1.165) is 19.3 Å². The predicted molar refractivity (Wildman–Crippen MR) is 84.4 cm³/mol. The highest BCUT2D eigenvalue weighted by molar-refractivity contribution is 5.78. The third-order valence-corrected chi connectivity index (χ3v) is 3.76. The Kier molecular flexibility index (Phi) is 6.73. The number of hydrogen-bond donors (Lipinski definition) is 2. The predicted octanol–water partition coefficient (Wildman–Crippen LogP) is 3.33. The average Bonchev–Trinajstić information content (AvgIpc) is 2.38. The molecule has 112 valence electrons. The van der Waals surface area contributed by atoms with Gasteiger partial charge in [-0.25, -0.2) is 0 Å². The summed E-state index contributed by atoms with van der Waals surface area (Å²) in [5.41, 5.74) is 8.12. The summed E-state index contributed by atoms with van der Waals surface area (Å²) < 4.78 is 0. The molecule has 2 unspecified atom stereocenters. The van der Waals surface area contributed by atoms with Crippen LogP contribution in [-0.4, -0.2) is 11.9 Å². The van der Waals surface area contributed by atoms with E-state index >= 15 is 0 Å². The molecule has 0 radical (unpaired) electrons. The number of rotatable bonds is 7. The summed E-state index contributed by atoms with van der Waals surface area (Å²) in [7, 11) is 0. The van der Waals surface area contributed by atoms with Gasteiger partial charge in [-0.05, 0) is 44.7 Å². The van der Waals surface area contributed by atoms with Gasteiger partial charge in [0.25, 0.3) is 0 Å². The third-order valence-electron chi connectivity index (χ3n) is 3.76. The molecule has 3 nitrogen and oxygen atoms in total. The zero-order valence-electron chi connectivity index (χ0n) is 13.1. The highest BCUT2D eigenvalue weighted by Gasteiger charge is 2.16. The van der Waals surface area contributed by atoms with Crippen molar-refractivity contribution in [3.05, 3.63) is 35.4 Å². The molecule has 0 spiro atoms. The Morgan fingerprint density at radius 1 is 1.20 bits per heavy atom. The molecule has 0 saturated heterocycles. The molecular weight excluding hydrogens is 248 g/mol. The Hall–Kier alpha value is -1.35. The molecule has 3 N–H and O–H groups in total. The monoisotopic (exact) mass is 276 g/mol. The van der Waals surface area contributed by atoms with E-state index < -0.39 is 0 Å². The molecule has 1 aromatic rings. The molecule has 0 saturated carbocycles. The molecule has 3 heteroatoms. The maximum absolute atomic E-state index is 12.2. The number of carbonyl (C=O) groups is 1. The number of hydrogen-bond acceptors (Lipinski definition) is 2. The van der Waals surface area contributed by atoms with Crippen LogP contribution in [0.4, 0.5) is 0 Å². The first-order valence-corrected chi connectivity index (χ1v) is 7.53. The topological polar surface area (TPSA) is 55.1 Å². The summed E-state index contributed by atoms with van der Waals surface area (Å²) in [6.45, 7) is 8.10. The average molecular weight is 276 g/mol. The van der Waals surface area contributed by atoms with Crippen LogP contribution in [-0.2, 0) is 4.79 Å². The largest absolute Gasteiger partial charge is 0.349 e. The molecule has 0 aliphatic rings. The van der Waals surface area contributed by atoms with Crippen molar-refractivity contribution >= 4 is 5.91 Å². The van der Waals surface area contributed by atoms with Crippen molar-refractivity contribution in [3.8, 4) is 0 Å². The first kappa shape index (κ1) is 16.7. The van der Waals surface area contributed by atoms with Crippen LogP contribution in [0.15, 0.2) is 24.3 Å². The molecule has 1 amide bonds. The lowest BCUT2D eigenvalue weighted by atomic mass is 9.99. The first-order chi connectivity index (χ1) is 9.41. The van der Waals surface area contributed by atoms with Gasteiger partial charge in [0.2, 0.25) is 5.91 Å². The van der Waals surface area contributed by atoms with E-state index in [9.17, 15) is 4.79 Å². The van der Waals surface area contributed by atoms with E-state index in [4.69, 9.17) is 5.73 Å². The summed E-state index contributed by atoms with van der Waals surface area (Å²) in [6.07, 6.45) is 2.88. The molecule has 1 aromatic carbocycles. The van der Waals surface area contributed by atoms with Crippen LogP contribution >= 0.6 is 0 Å². The maximum Gasteiger partial charge on any atom is 0.223 e. The van der Waals surface area contributed by atoms with Crippen molar-refractivity contribution in [1.29, 1.82) is 0 Å². The van der Waals surface area contributed by atoms with Crippen molar-refractivity contribution in [2.75, 3.05) is 0 Å². The van der Waals surface area contributed by atoms with Crippen LogP contribution in [0.2, 0.25) is 0 Å². The van der Waals surface area contributed by atoms with Crippen LogP contribution in [0.25, 0.3) is 0 Å². The maximum atomic E-state index is 12.2. The molecule has 0 heterocycles. The minimum Gasteiger partial charge on any atom is -0.349 e. The highest BCUT2D eigenvalue weighted by Crippen LogP contribution is 2.18. The van der Waals surface area contributed by atoms with Crippen molar-refractivity contribution < 1.29 is 4.79 Å². The summed E-state index contributed by atoms with van der Waals surface area (Å²) in [5.74, 6) is 0.172. The first-order valence-electron chi connectivity index (χ1n) is 7.53. The number of nitrogens with two attached hydrogens (primary N) is 1. The van der Waals surface area contributed by atoms with E-state index in [1.54, 1.807) is 0 Å². The fourth-order valence-electron chi connectivity index (χ4n) is 2.38. The van der Waals surface area contributed by atoms with E-state index in [-0.39, 0.29) is 23.9 Å². The Morgan fingerprint density at radius 2 is 1.85 bits per heavy atom. The molecule has 3 atom stereocenters. The van der Waals surface area contributed by atoms with Crippen molar-refractivity contribution in [2.24, 2.45) is 11.7 Å². The molecular formula is C17H28N2O. The number of carbonyl (C=O) groups excluding carboxylic acids is 1. The molecule has 0 aromatic heterocycles. The van der Waals surface area contributed by atoms with E-state index in [2.05, 4.69) is 24.4 Å². The molecule has 1 rings (SSSR count). The lowest BCUT2D eigenvalue weighted by Crippen LogP contribution is -2.32. The lowest BCUT2D eigenvalue weighted by Gasteiger charge is -2.19. The molecule has 0 fully saturated rings. The number of nitrogens with one attached hydrogen (secondary N) is 1. The van der Waals surface area contributed by atoms with Crippen molar-refractivity contribution in [2.45, 2.75) is 59.0 Å². The summed E-state index contributed by atoms with van der Waals surface area (Å²) in [4.78, 5) is 12.2. The normalized spacial score (nSPS) is 15.4. The van der Waals surface area contributed by atoms with Gasteiger partial charge in [0.05, 0.1) is 6.04 Å². The van der Waals surface area contributed by atoms with Gasteiger partial charge in [-0.2, -0.15) is 0 Å². The SMILES string of the molecule is Cc1ccccc1[C@@H](C)NC(=O)C(C)CCCC(C)N. The quantitative estimate of drug-likeness (QED) is 0.802. The van der Waals surface area contributed by atoms with Crippen LogP contribution in [0.3, 0.4) is 0 Å². The Bertz CT molecular complexity index is 429. The fraction of sp³-hybridized carbons (Fsp3) is 0.588. The number of amides is 1. The zero-order valence-corrected chi connectivity index (χ0v) is 13.1.